The van der Waals surface area contributed by atoms with Gasteiger partial charge >= 0.3 is 0 Å². The van der Waals surface area contributed by atoms with Crippen molar-refractivity contribution in [3.63, 3.8) is 0 Å². The summed E-state index contributed by atoms with van der Waals surface area (Å²) in [7, 11) is 0. The second-order valence-electron chi connectivity index (χ2n) is 5.15. The molecule has 0 saturated heterocycles. The second kappa shape index (κ2) is 6.78. The first-order valence-corrected chi connectivity index (χ1v) is 8.24. The molecule has 1 aromatic carbocycles. The van der Waals surface area contributed by atoms with E-state index in [-0.39, 0.29) is 0 Å². The fourth-order valence-electron chi connectivity index (χ4n) is 2.35. The Morgan fingerprint density at radius 3 is 2.92 bits per heavy atom. The number of nitrogens with zero attached hydrogens (tertiary/aromatic N) is 6. The van der Waals surface area contributed by atoms with E-state index in [0.717, 1.165) is 21.1 Å². The maximum absolute atomic E-state index is 4.43. The summed E-state index contributed by atoms with van der Waals surface area (Å²) in [5.41, 5.74) is 5.45. The van der Waals surface area contributed by atoms with Crippen molar-refractivity contribution in [2.24, 2.45) is 5.10 Å². The SMILES string of the molecule is Brc1cccc(-n2ncc3c(N/N=C/c4cccnc4)ncnc32)c1. The van der Waals surface area contributed by atoms with E-state index in [1.807, 2.05) is 36.4 Å². The monoisotopic (exact) mass is 393 g/mol. The first-order valence-electron chi connectivity index (χ1n) is 7.45. The molecule has 0 bridgehead atoms. The van der Waals surface area contributed by atoms with Crippen molar-refractivity contribution in [1.29, 1.82) is 0 Å². The van der Waals surface area contributed by atoms with E-state index < -0.39 is 0 Å². The summed E-state index contributed by atoms with van der Waals surface area (Å²) in [6.45, 7) is 0. The molecule has 0 fully saturated rings. The summed E-state index contributed by atoms with van der Waals surface area (Å²) < 4.78 is 2.74. The minimum absolute atomic E-state index is 0.589. The molecule has 3 heterocycles. The molecular formula is C17H12BrN7. The van der Waals surface area contributed by atoms with Crippen LogP contribution in [-0.4, -0.2) is 30.9 Å². The summed E-state index contributed by atoms with van der Waals surface area (Å²) in [5.74, 6) is 0.589. The number of hydrogen-bond donors (Lipinski definition) is 1. The molecule has 3 aromatic heterocycles. The van der Waals surface area contributed by atoms with Crippen LogP contribution >= 0.6 is 15.9 Å². The van der Waals surface area contributed by atoms with Crippen LogP contribution in [-0.2, 0) is 0 Å². The zero-order valence-corrected chi connectivity index (χ0v) is 14.5. The largest absolute Gasteiger partial charge is 0.264 e. The molecule has 0 saturated carbocycles. The van der Waals surface area contributed by atoms with Gasteiger partial charge < -0.3 is 0 Å². The van der Waals surface area contributed by atoms with Gasteiger partial charge in [-0.3, -0.25) is 10.4 Å². The summed E-state index contributed by atoms with van der Waals surface area (Å²) in [4.78, 5) is 12.6. The number of halogens is 1. The topological polar surface area (TPSA) is 80.9 Å². The smallest absolute Gasteiger partial charge is 0.168 e. The zero-order chi connectivity index (χ0) is 17.1. The van der Waals surface area contributed by atoms with Gasteiger partial charge in [-0.15, -0.1) is 0 Å². The summed E-state index contributed by atoms with van der Waals surface area (Å²) in [6.07, 6.45) is 8.33. The first kappa shape index (κ1) is 15.4. The molecule has 0 radical (unpaired) electrons. The number of hydrazone groups is 1. The van der Waals surface area contributed by atoms with E-state index in [2.05, 4.69) is 46.5 Å². The molecule has 0 atom stereocenters. The number of benzene rings is 1. The van der Waals surface area contributed by atoms with Crippen LogP contribution in [0.25, 0.3) is 16.7 Å². The fraction of sp³-hybridized carbons (Fsp3) is 0. The van der Waals surface area contributed by atoms with Crippen molar-refractivity contribution in [3.8, 4) is 5.69 Å². The van der Waals surface area contributed by atoms with Crippen LogP contribution in [0.1, 0.15) is 5.56 Å². The van der Waals surface area contributed by atoms with Crippen LogP contribution in [0.5, 0.6) is 0 Å². The Balaban J connectivity index is 1.66. The zero-order valence-electron chi connectivity index (χ0n) is 12.9. The number of rotatable bonds is 4. The molecule has 0 unspecified atom stereocenters. The van der Waals surface area contributed by atoms with E-state index in [0.29, 0.717) is 11.5 Å². The van der Waals surface area contributed by atoms with Crippen LogP contribution in [0.4, 0.5) is 5.82 Å². The van der Waals surface area contributed by atoms with Gasteiger partial charge in [-0.2, -0.15) is 10.2 Å². The molecule has 4 rings (SSSR count). The number of aromatic nitrogens is 5. The summed E-state index contributed by atoms with van der Waals surface area (Å²) in [6, 6.07) is 11.6. The quantitative estimate of drug-likeness (QED) is 0.424. The summed E-state index contributed by atoms with van der Waals surface area (Å²) in [5, 5.41) is 9.42. The second-order valence-corrected chi connectivity index (χ2v) is 6.07. The third-order valence-corrected chi connectivity index (χ3v) is 3.98. The number of anilines is 1. The lowest BCUT2D eigenvalue weighted by Crippen LogP contribution is -1.99. The molecule has 0 aliphatic rings. The average molecular weight is 394 g/mol. The molecular weight excluding hydrogens is 382 g/mol. The van der Waals surface area contributed by atoms with Gasteiger partial charge in [-0.1, -0.05) is 28.1 Å². The van der Waals surface area contributed by atoms with Crippen molar-refractivity contribution in [2.75, 3.05) is 5.43 Å². The van der Waals surface area contributed by atoms with Crippen LogP contribution in [0.2, 0.25) is 0 Å². The molecule has 0 spiro atoms. The van der Waals surface area contributed by atoms with Gasteiger partial charge in [-0.05, 0) is 24.3 Å². The molecule has 7 nitrogen and oxygen atoms in total. The Kier molecular flexibility index (Phi) is 4.17. The van der Waals surface area contributed by atoms with Crippen molar-refractivity contribution >= 4 is 39.0 Å². The van der Waals surface area contributed by atoms with Crippen LogP contribution in [0.15, 0.2) is 70.9 Å². The van der Waals surface area contributed by atoms with Gasteiger partial charge in [0, 0.05) is 22.4 Å². The summed E-state index contributed by atoms with van der Waals surface area (Å²) >= 11 is 3.47. The van der Waals surface area contributed by atoms with Gasteiger partial charge in [0.1, 0.15) is 6.33 Å². The highest BCUT2D eigenvalue weighted by molar-refractivity contribution is 9.10. The number of hydrogen-bond acceptors (Lipinski definition) is 6. The number of nitrogens with one attached hydrogen (secondary N) is 1. The molecule has 0 amide bonds. The molecule has 122 valence electrons. The standard InChI is InChI=1S/C17H12BrN7/c18-13-4-1-5-14(7-13)25-17-15(10-23-25)16(20-11-21-17)24-22-9-12-3-2-6-19-8-12/h1-11H,(H,20,21,24)/b22-9+. The predicted octanol–water partition coefficient (Wildman–Crippen LogP) is 3.42. The minimum Gasteiger partial charge on any atom is -0.264 e. The van der Waals surface area contributed by atoms with Crippen molar-refractivity contribution in [3.05, 3.63) is 71.4 Å². The average Bonchev–Trinajstić information content (AvgIpc) is 3.08. The normalized spacial score (nSPS) is 11.2. The molecule has 8 heteroatoms. The Hall–Kier alpha value is -3.13. The maximum Gasteiger partial charge on any atom is 0.168 e. The van der Waals surface area contributed by atoms with Gasteiger partial charge in [0.2, 0.25) is 0 Å². The maximum atomic E-state index is 4.43. The third kappa shape index (κ3) is 3.24. The van der Waals surface area contributed by atoms with Gasteiger partial charge in [0.25, 0.3) is 0 Å². The van der Waals surface area contributed by atoms with E-state index in [1.165, 1.54) is 6.33 Å². The van der Waals surface area contributed by atoms with Crippen LogP contribution in [0.3, 0.4) is 0 Å². The lowest BCUT2D eigenvalue weighted by atomic mass is 10.3. The van der Waals surface area contributed by atoms with Gasteiger partial charge in [0.15, 0.2) is 11.5 Å². The lowest BCUT2D eigenvalue weighted by Gasteiger charge is -2.04. The molecule has 25 heavy (non-hydrogen) atoms. The van der Waals surface area contributed by atoms with Crippen molar-refractivity contribution < 1.29 is 0 Å². The third-order valence-electron chi connectivity index (χ3n) is 3.49. The molecule has 4 aromatic rings. The van der Waals surface area contributed by atoms with E-state index in [1.54, 1.807) is 29.5 Å². The molecule has 1 N–H and O–H groups in total. The molecule has 0 aliphatic heterocycles. The lowest BCUT2D eigenvalue weighted by molar-refractivity contribution is 0.894. The van der Waals surface area contributed by atoms with Crippen molar-refractivity contribution in [1.82, 2.24) is 24.7 Å². The highest BCUT2D eigenvalue weighted by Gasteiger charge is 2.10. The van der Waals surface area contributed by atoms with Crippen molar-refractivity contribution in [2.45, 2.75) is 0 Å². The number of pyridine rings is 1. The predicted molar refractivity (Wildman–Crippen MR) is 99.8 cm³/mol. The Morgan fingerprint density at radius 2 is 2.08 bits per heavy atom. The van der Waals surface area contributed by atoms with Crippen LogP contribution < -0.4 is 5.43 Å². The highest BCUT2D eigenvalue weighted by atomic mass is 79.9. The highest BCUT2D eigenvalue weighted by Crippen LogP contribution is 2.23. The van der Waals surface area contributed by atoms with Gasteiger partial charge in [0.05, 0.1) is 23.5 Å². The fourth-order valence-corrected chi connectivity index (χ4v) is 2.74. The number of fused-ring (bicyclic) bond motifs is 1. The minimum atomic E-state index is 0.589. The Labute approximate surface area is 151 Å². The van der Waals surface area contributed by atoms with E-state index >= 15 is 0 Å². The van der Waals surface area contributed by atoms with Gasteiger partial charge in [-0.25, -0.2) is 14.6 Å². The Morgan fingerprint density at radius 1 is 1.12 bits per heavy atom. The Bertz CT molecular complexity index is 1040. The van der Waals surface area contributed by atoms with E-state index in [4.69, 9.17) is 0 Å². The molecule has 0 aliphatic carbocycles. The van der Waals surface area contributed by atoms with Crippen LogP contribution in [0, 0.1) is 0 Å². The van der Waals surface area contributed by atoms with E-state index in [9.17, 15) is 0 Å². The first-order chi connectivity index (χ1) is 12.3.